The molecule has 1 heterocycles. The second-order valence-corrected chi connectivity index (χ2v) is 3.85. The van der Waals surface area contributed by atoms with Gasteiger partial charge in [-0.25, -0.2) is 9.37 Å². The normalized spacial score (nSPS) is 10.1. The number of nitrogen functional groups attached to an aromatic ring is 1. The van der Waals surface area contributed by atoms with Gasteiger partial charge in [-0.1, -0.05) is 6.07 Å². The van der Waals surface area contributed by atoms with Crippen LogP contribution in [0.15, 0.2) is 36.4 Å². The Morgan fingerprint density at radius 2 is 2.11 bits per heavy atom. The zero-order valence-electron chi connectivity index (χ0n) is 9.77. The van der Waals surface area contributed by atoms with Crippen LogP contribution < -0.4 is 11.1 Å². The fraction of sp³-hybridized carbons (Fsp3) is 0.0769. The number of aryl methyl sites for hydroxylation is 1. The van der Waals surface area contributed by atoms with E-state index in [0.29, 0.717) is 5.82 Å². The Kier molecular flexibility index (Phi) is 3.23. The third-order valence-corrected chi connectivity index (χ3v) is 2.39. The average molecular weight is 245 g/mol. The molecule has 92 valence electrons. The quantitative estimate of drug-likeness (QED) is 0.798. The van der Waals surface area contributed by atoms with Crippen LogP contribution in [0.3, 0.4) is 0 Å². The number of nitrogens with zero attached hydrogens (tertiary/aromatic N) is 1. The second kappa shape index (κ2) is 4.83. The lowest BCUT2D eigenvalue weighted by Crippen LogP contribution is -2.13. The number of nitrogens with one attached hydrogen (secondary N) is 1. The molecule has 5 heteroatoms. The highest BCUT2D eigenvalue weighted by Crippen LogP contribution is 2.14. The van der Waals surface area contributed by atoms with Crippen molar-refractivity contribution in [1.29, 1.82) is 0 Å². The van der Waals surface area contributed by atoms with Gasteiger partial charge in [-0.3, -0.25) is 4.79 Å². The van der Waals surface area contributed by atoms with Crippen molar-refractivity contribution in [3.8, 4) is 0 Å². The highest BCUT2D eigenvalue weighted by Gasteiger charge is 2.09. The minimum atomic E-state index is -0.541. The first-order chi connectivity index (χ1) is 8.56. The van der Waals surface area contributed by atoms with Gasteiger partial charge >= 0.3 is 0 Å². The molecule has 0 saturated heterocycles. The largest absolute Gasteiger partial charge is 0.396 e. The zero-order valence-corrected chi connectivity index (χ0v) is 9.77. The Morgan fingerprint density at radius 3 is 2.78 bits per heavy atom. The van der Waals surface area contributed by atoms with E-state index in [1.54, 1.807) is 12.1 Å². The Labute approximate surface area is 104 Å². The first-order valence-corrected chi connectivity index (χ1v) is 5.36. The van der Waals surface area contributed by atoms with Crippen LogP contribution in [0, 0.1) is 12.7 Å². The molecule has 0 spiro atoms. The first kappa shape index (κ1) is 12.0. The molecule has 0 radical (unpaired) electrons. The molecule has 0 bridgehead atoms. The smallest absolute Gasteiger partial charge is 0.256 e. The number of hydrogen-bond acceptors (Lipinski definition) is 3. The maximum absolute atomic E-state index is 13.0. The van der Waals surface area contributed by atoms with E-state index < -0.39 is 5.82 Å². The van der Waals surface area contributed by atoms with Crippen molar-refractivity contribution in [3.63, 3.8) is 0 Å². The number of pyridine rings is 1. The monoisotopic (exact) mass is 245 g/mol. The van der Waals surface area contributed by atoms with E-state index in [1.165, 1.54) is 12.1 Å². The molecule has 18 heavy (non-hydrogen) atoms. The van der Waals surface area contributed by atoms with Gasteiger partial charge < -0.3 is 11.1 Å². The van der Waals surface area contributed by atoms with Crippen molar-refractivity contribution >= 4 is 17.4 Å². The van der Waals surface area contributed by atoms with Crippen LogP contribution in [0.1, 0.15) is 16.1 Å². The molecule has 3 N–H and O–H groups in total. The highest BCUT2D eigenvalue weighted by atomic mass is 19.1. The van der Waals surface area contributed by atoms with Gasteiger partial charge in [0.15, 0.2) is 0 Å². The topological polar surface area (TPSA) is 68.0 Å². The highest BCUT2D eigenvalue weighted by molar-refractivity contribution is 6.04. The van der Waals surface area contributed by atoms with Crippen molar-refractivity contribution in [2.75, 3.05) is 11.1 Å². The van der Waals surface area contributed by atoms with Gasteiger partial charge in [0.1, 0.15) is 11.6 Å². The van der Waals surface area contributed by atoms with Gasteiger partial charge in [0.25, 0.3) is 5.91 Å². The van der Waals surface area contributed by atoms with E-state index in [4.69, 9.17) is 5.73 Å². The van der Waals surface area contributed by atoms with Gasteiger partial charge in [0.05, 0.1) is 5.69 Å². The van der Waals surface area contributed by atoms with Crippen LogP contribution in [-0.2, 0) is 0 Å². The molecular weight excluding hydrogens is 233 g/mol. The van der Waals surface area contributed by atoms with Crippen LogP contribution >= 0.6 is 0 Å². The molecule has 0 fully saturated rings. The van der Waals surface area contributed by atoms with E-state index in [1.807, 2.05) is 13.0 Å². The van der Waals surface area contributed by atoms with Gasteiger partial charge in [0.2, 0.25) is 0 Å². The molecule has 0 aliphatic heterocycles. The van der Waals surface area contributed by atoms with Crippen molar-refractivity contribution in [3.05, 3.63) is 53.5 Å². The molecule has 0 aliphatic carbocycles. The van der Waals surface area contributed by atoms with Crippen molar-refractivity contribution in [2.24, 2.45) is 0 Å². The molecule has 0 atom stereocenters. The number of halogens is 1. The average Bonchev–Trinajstić information content (AvgIpc) is 2.32. The number of amides is 1. The number of carbonyl (C=O) groups excluding carboxylic acids is 1. The van der Waals surface area contributed by atoms with Gasteiger partial charge in [0, 0.05) is 11.3 Å². The lowest BCUT2D eigenvalue weighted by atomic mass is 10.2. The third kappa shape index (κ3) is 2.63. The molecule has 1 aromatic heterocycles. The summed E-state index contributed by atoms with van der Waals surface area (Å²) in [6.45, 7) is 1.82. The van der Waals surface area contributed by atoms with Gasteiger partial charge in [-0.15, -0.1) is 0 Å². The summed E-state index contributed by atoms with van der Waals surface area (Å²) in [6, 6.07) is 9.12. The molecule has 4 nitrogen and oxygen atoms in total. The Hall–Kier alpha value is -2.43. The number of anilines is 2. The Bertz CT molecular complexity index is 599. The standard InChI is InChI=1S/C13H12FN3O/c1-8-3-2-4-12(16-8)17-13(18)9-5-6-10(14)11(15)7-9/h2-7H,15H2,1H3,(H,16,17,18). The molecule has 2 rings (SSSR count). The molecule has 1 aromatic carbocycles. The van der Waals surface area contributed by atoms with Crippen molar-refractivity contribution < 1.29 is 9.18 Å². The van der Waals surface area contributed by atoms with Crippen LogP contribution in [0.4, 0.5) is 15.9 Å². The lowest BCUT2D eigenvalue weighted by molar-refractivity contribution is 0.102. The summed E-state index contributed by atoms with van der Waals surface area (Å²) < 4.78 is 13.0. The van der Waals surface area contributed by atoms with E-state index in [-0.39, 0.29) is 17.2 Å². The molecular formula is C13H12FN3O. The molecule has 0 aliphatic rings. The number of aromatic nitrogens is 1. The van der Waals surface area contributed by atoms with E-state index >= 15 is 0 Å². The van der Waals surface area contributed by atoms with Crippen LogP contribution in [0.5, 0.6) is 0 Å². The number of nitrogens with two attached hydrogens (primary N) is 1. The number of benzene rings is 1. The van der Waals surface area contributed by atoms with Crippen molar-refractivity contribution in [1.82, 2.24) is 4.98 Å². The summed E-state index contributed by atoms with van der Waals surface area (Å²) in [5.41, 5.74) is 6.44. The van der Waals surface area contributed by atoms with Crippen LogP contribution in [-0.4, -0.2) is 10.9 Å². The molecule has 0 unspecified atom stereocenters. The Morgan fingerprint density at radius 1 is 1.33 bits per heavy atom. The third-order valence-electron chi connectivity index (χ3n) is 2.39. The summed E-state index contributed by atoms with van der Waals surface area (Å²) in [4.78, 5) is 16.0. The first-order valence-electron chi connectivity index (χ1n) is 5.36. The summed E-state index contributed by atoms with van der Waals surface area (Å²) in [5, 5.41) is 2.62. The van der Waals surface area contributed by atoms with Crippen molar-refractivity contribution in [2.45, 2.75) is 6.92 Å². The fourth-order valence-electron chi connectivity index (χ4n) is 1.49. The van der Waals surface area contributed by atoms with Crippen LogP contribution in [0.2, 0.25) is 0 Å². The predicted molar refractivity (Wildman–Crippen MR) is 67.7 cm³/mol. The summed E-state index contributed by atoms with van der Waals surface area (Å²) >= 11 is 0. The van der Waals surface area contributed by atoms with Gasteiger partial charge in [-0.05, 0) is 37.3 Å². The van der Waals surface area contributed by atoms with E-state index in [9.17, 15) is 9.18 Å². The SMILES string of the molecule is Cc1cccc(NC(=O)c2ccc(F)c(N)c2)n1. The predicted octanol–water partition coefficient (Wildman–Crippen LogP) is 2.36. The molecule has 2 aromatic rings. The maximum atomic E-state index is 13.0. The minimum Gasteiger partial charge on any atom is -0.396 e. The number of carbonyl (C=O) groups is 1. The zero-order chi connectivity index (χ0) is 13.1. The number of hydrogen-bond donors (Lipinski definition) is 2. The summed E-state index contributed by atoms with van der Waals surface area (Å²) in [5.74, 6) is -0.470. The Balaban J connectivity index is 2.19. The minimum absolute atomic E-state index is 0.0557. The van der Waals surface area contributed by atoms with E-state index in [2.05, 4.69) is 10.3 Å². The number of rotatable bonds is 2. The van der Waals surface area contributed by atoms with E-state index in [0.717, 1.165) is 11.8 Å². The summed E-state index contributed by atoms with van der Waals surface area (Å²) in [6.07, 6.45) is 0. The fourth-order valence-corrected chi connectivity index (χ4v) is 1.49. The molecule has 1 amide bonds. The van der Waals surface area contributed by atoms with Gasteiger partial charge in [-0.2, -0.15) is 0 Å². The summed E-state index contributed by atoms with van der Waals surface area (Å²) in [7, 11) is 0. The maximum Gasteiger partial charge on any atom is 0.256 e. The second-order valence-electron chi connectivity index (χ2n) is 3.85. The van der Waals surface area contributed by atoms with Crippen LogP contribution in [0.25, 0.3) is 0 Å². The lowest BCUT2D eigenvalue weighted by Gasteiger charge is -2.06. The molecule has 0 saturated carbocycles.